The van der Waals surface area contributed by atoms with E-state index in [4.69, 9.17) is 0 Å². The molecule has 4 heteroatoms. The molecule has 0 atom stereocenters. The first-order chi connectivity index (χ1) is 13.2. The number of hydrogen-bond acceptors (Lipinski definition) is 2. The first-order valence-electron chi connectivity index (χ1n) is 8.98. The van der Waals surface area contributed by atoms with E-state index in [2.05, 4.69) is 10.6 Å². The van der Waals surface area contributed by atoms with Gasteiger partial charge in [-0.05, 0) is 42.7 Å². The first kappa shape index (κ1) is 18.4. The molecule has 0 aliphatic heterocycles. The third kappa shape index (κ3) is 5.54. The summed E-state index contributed by atoms with van der Waals surface area (Å²) < 4.78 is 0. The Bertz CT molecular complexity index is 811. The van der Waals surface area contributed by atoms with Gasteiger partial charge in [-0.15, -0.1) is 0 Å². The highest BCUT2D eigenvalue weighted by Gasteiger charge is 2.17. The Morgan fingerprint density at radius 3 is 1.48 bits per heavy atom. The Morgan fingerprint density at radius 2 is 1.04 bits per heavy atom. The molecule has 0 aliphatic carbocycles. The molecule has 4 nitrogen and oxygen atoms in total. The quantitative estimate of drug-likeness (QED) is 0.631. The van der Waals surface area contributed by atoms with Crippen molar-refractivity contribution in [3.63, 3.8) is 0 Å². The van der Waals surface area contributed by atoms with E-state index >= 15 is 0 Å². The second-order valence-electron chi connectivity index (χ2n) is 6.26. The van der Waals surface area contributed by atoms with Gasteiger partial charge in [0, 0.05) is 11.1 Å². The van der Waals surface area contributed by atoms with E-state index in [0.29, 0.717) is 17.5 Å². The molecule has 0 aliphatic rings. The normalized spacial score (nSPS) is 10.4. The molecule has 2 N–H and O–H groups in total. The number of carbonyl (C=O) groups excluding carboxylic acids is 2. The molecule has 3 rings (SSSR count). The van der Waals surface area contributed by atoms with E-state index in [9.17, 15) is 9.59 Å². The number of benzene rings is 3. The summed E-state index contributed by atoms with van der Waals surface area (Å²) in [5.41, 5.74) is 2.29. The van der Waals surface area contributed by atoms with E-state index in [-0.39, 0.29) is 11.8 Å². The fraction of sp³-hybridized carbons (Fsp3) is 0.130. The van der Waals surface area contributed by atoms with E-state index in [1.165, 1.54) is 0 Å². The summed E-state index contributed by atoms with van der Waals surface area (Å²) in [6.45, 7) is 0. The van der Waals surface area contributed by atoms with E-state index in [1.54, 1.807) is 24.3 Å². The summed E-state index contributed by atoms with van der Waals surface area (Å²) in [5, 5.41) is 5.87. The second kappa shape index (κ2) is 9.34. The smallest absolute Gasteiger partial charge is 0.252 e. The van der Waals surface area contributed by atoms with Gasteiger partial charge in [-0.3, -0.25) is 9.59 Å². The van der Waals surface area contributed by atoms with Crippen LogP contribution in [0.15, 0.2) is 91.0 Å². The number of amides is 2. The molecule has 0 fully saturated rings. The molecule has 0 radical (unpaired) electrons. The molecule has 0 heterocycles. The molecule has 3 aromatic carbocycles. The highest BCUT2D eigenvalue weighted by atomic mass is 16.2. The van der Waals surface area contributed by atoms with Gasteiger partial charge in [0.25, 0.3) is 11.8 Å². The van der Waals surface area contributed by atoms with Gasteiger partial charge in [0.05, 0.1) is 0 Å². The lowest BCUT2D eigenvalue weighted by atomic mass is 10.1. The van der Waals surface area contributed by atoms with E-state index in [1.807, 2.05) is 66.7 Å². The summed E-state index contributed by atoms with van der Waals surface area (Å²) >= 11 is 0. The van der Waals surface area contributed by atoms with Crippen LogP contribution in [-0.2, 0) is 6.42 Å². The van der Waals surface area contributed by atoms with Gasteiger partial charge >= 0.3 is 0 Å². The minimum atomic E-state index is -0.467. The zero-order valence-electron chi connectivity index (χ0n) is 15.0. The van der Waals surface area contributed by atoms with Crippen LogP contribution < -0.4 is 10.6 Å². The van der Waals surface area contributed by atoms with Crippen molar-refractivity contribution in [2.24, 2.45) is 0 Å². The van der Waals surface area contributed by atoms with Crippen LogP contribution in [-0.4, -0.2) is 18.0 Å². The SMILES string of the molecule is O=C(NC(CCc1ccccc1)NC(=O)c1ccccc1)c1ccccc1. The van der Waals surface area contributed by atoms with Crippen molar-refractivity contribution in [2.75, 3.05) is 0 Å². The van der Waals surface area contributed by atoms with Crippen LogP contribution >= 0.6 is 0 Å². The third-order valence-electron chi connectivity index (χ3n) is 4.25. The Hall–Kier alpha value is -3.40. The Kier molecular flexibility index (Phi) is 6.36. The first-order valence-corrected chi connectivity index (χ1v) is 8.98. The predicted octanol–water partition coefficient (Wildman–Crippen LogP) is 3.81. The minimum absolute atomic E-state index is 0.206. The molecular weight excluding hydrogens is 336 g/mol. The monoisotopic (exact) mass is 358 g/mol. The predicted molar refractivity (Wildman–Crippen MR) is 106 cm³/mol. The van der Waals surface area contributed by atoms with Crippen molar-refractivity contribution in [1.82, 2.24) is 10.6 Å². The second-order valence-corrected chi connectivity index (χ2v) is 6.26. The van der Waals surface area contributed by atoms with Crippen molar-refractivity contribution in [3.8, 4) is 0 Å². The fourth-order valence-corrected chi connectivity index (χ4v) is 2.80. The molecule has 0 saturated heterocycles. The van der Waals surface area contributed by atoms with Gasteiger partial charge in [-0.2, -0.15) is 0 Å². The van der Waals surface area contributed by atoms with Gasteiger partial charge in [-0.25, -0.2) is 0 Å². The maximum absolute atomic E-state index is 12.5. The molecule has 0 unspecified atom stereocenters. The molecule has 3 aromatic rings. The van der Waals surface area contributed by atoms with Gasteiger partial charge in [0.1, 0.15) is 6.17 Å². The summed E-state index contributed by atoms with van der Waals surface area (Å²) in [4.78, 5) is 25.0. The van der Waals surface area contributed by atoms with Gasteiger partial charge in [-0.1, -0.05) is 66.7 Å². The highest BCUT2D eigenvalue weighted by Crippen LogP contribution is 2.07. The molecule has 136 valence electrons. The molecule has 0 spiro atoms. The van der Waals surface area contributed by atoms with E-state index < -0.39 is 6.17 Å². The van der Waals surface area contributed by atoms with Crippen molar-refractivity contribution in [1.29, 1.82) is 0 Å². The van der Waals surface area contributed by atoms with Crippen LogP contribution in [0.5, 0.6) is 0 Å². The van der Waals surface area contributed by atoms with Crippen LogP contribution in [0.2, 0.25) is 0 Å². The standard InChI is InChI=1S/C23H22N2O2/c26-22(19-12-6-2-7-13-19)24-21(17-16-18-10-4-1-5-11-18)25-23(27)20-14-8-3-9-15-20/h1-15,21H,16-17H2,(H,24,26)(H,25,27). The molecule has 0 saturated carbocycles. The van der Waals surface area contributed by atoms with Gasteiger partial charge in [0.2, 0.25) is 0 Å². The Morgan fingerprint density at radius 1 is 0.630 bits per heavy atom. The summed E-state index contributed by atoms with van der Waals surface area (Å²) in [6.07, 6.45) is 0.877. The maximum atomic E-state index is 12.5. The van der Waals surface area contributed by atoms with Crippen molar-refractivity contribution in [2.45, 2.75) is 19.0 Å². The topological polar surface area (TPSA) is 58.2 Å². The summed E-state index contributed by atoms with van der Waals surface area (Å²) in [5.74, 6) is -0.413. The lowest BCUT2D eigenvalue weighted by Crippen LogP contribution is -2.48. The number of carbonyl (C=O) groups is 2. The third-order valence-corrected chi connectivity index (χ3v) is 4.25. The number of aryl methyl sites for hydroxylation is 1. The van der Waals surface area contributed by atoms with Crippen molar-refractivity contribution >= 4 is 11.8 Å². The number of rotatable bonds is 7. The lowest BCUT2D eigenvalue weighted by Gasteiger charge is -2.20. The van der Waals surface area contributed by atoms with Crippen LogP contribution in [0, 0.1) is 0 Å². The number of nitrogens with one attached hydrogen (secondary N) is 2. The van der Waals surface area contributed by atoms with E-state index in [0.717, 1.165) is 12.0 Å². The zero-order valence-corrected chi connectivity index (χ0v) is 15.0. The van der Waals surface area contributed by atoms with Gasteiger partial charge in [0.15, 0.2) is 0 Å². The fourth-order valence-electron chi connectivity index (χ4n) is 2.80. The molecule has 2 amide bonds. The average Bonchev–Trinajstić information content (AvgIpc) is 2.74. The lowest BCUT2D eigenvalue weighted by molar-refractivity contribution is 0.0880. The van der Waals surface area contributed by atoms with Crippen LogP contribution in [0.4, 0.5) is 0 Å². The van der Waals surface area contributed by atoms with Crippen LogP contribution in [0.1, 0.15) is 32.7 Å². The Labute approximate surface area is 159 Å². The zero-order chi connectivity index (χ0) is 18.9. The molecular formula is C23H22N2O2. The average molecular weight is 358 g/mol. The van der Waals surface area contributed by atoms with Crippen LogP contribution in [0.3, 0.4) is 0 Å². The summed E-state index contributed by atoms with van der Waals surface area (Å²) in [6, 6.07) is 28.0. The molecule has 27 heavy (non-hydrogen) atoms. The molecule has 0 bridgehead atoms. The van der Waals surface area contributed by atoms with Gasteiger partial charge < -0.3 is 10.6 Å². The highest BCUT2D eigenvalue weighted by molar-refractivity contribution is 5.96. The van der Waals surface area contributed by atoms with Crippen molar-refractivity contribution in [3.05, 3.63) is 108 Å². The largest absolute Gasteiger partial charge is 0.332 e. The number of hydrogen-bond donors (Lipinski definition) is 2. The summed E-state index contributed by atoms with van der Waals surface area (Å²) in [7, 11) is 0. The minimum Gasteiger partial charge on any atom is -0.332 e. The maximum Gasteiger partial charge on any atom is 0.252 e. The van der Waals surface area contributed by atoms with Crippen molar-refractivity contribution < 1.29 is 9.59 Å². The Balaban J connectivity index is 1.69. The van der Waals surface area contributed by atoms with Crippen LogP contribution in [0.25, 0.3) is 0 Å². The molecule has 0 aromatic heterocycles.